The minimum atomic E-state index is 0.182. The number of hydrogen-bond donors (Lipinski definition) is 2. The average molecular weight is 196 g/mol. The van der Waals surface area contributed by atoms with Crippen LogP contribution in [0.1, 0.15) is 33.0 Å². The molecule has 1 aromatic rings. The normalized spacial score (nSPS) is 14.3. The first-order valence-electron chi connectivity index (χ1n) is 5.08. The number of hydrogen-bond acceptors (Lipinski definition) is 3. The molecule has 0 aliphatic heterocycles. The van der Waals surface area contributed by atoms with Gasteiger partial charge in [0.1, 0.15) is 5.76 Å². The summed E-state index contributed by atoms with van der Waals surface area (Å²) in [4.78, 5) is 0. The second-order valence-electron chi connectivity index (χ2n) is 4.34. The average Bonchev–Trinajstić information content (AvgIpc) is 2.66. The maximum absolute atomic E-state index is 5.56. The van der Waals surface area contributed by atoms with Gasteiger partial charge in [0.05, 0.1) is 6.26 Å². The van der Waals surface area contributed by atoms with E-state index >= 15 is 0 Å². The molecule has 1 atom stereocenters. The van der Waals surface area contributed by atoms with Crippen molar-refractivity contribution in [3.05, 3.63) is 24.2 Å². The highest BCUT2D eigenvalue weighted by Crippen LogP contribution is 2.26. The van der Waals surface area contributed by atoms with Crippen molar-refractivity contribution in [2.45, 2.75) is 39.7 Å². The molecule has 0 bridgehead atoms. The van der Waals surface area contributed by atoms with E-state index in [0.717, 1.165) is 18.6 Å². The van der Waals surface area contributed by atoms with E-state index in [0.29, 0.717) is 0 Å². The fourth-order valence-electron chi connectivity index (χ4n) is 1.44. The minimum absolute atomic E-state index is 0.182. The molecule has 3 nitrogen and oxygen atoms in total. The van der Waals surface area contributed by atoms with Crippen molar-refractivity contribution in [2.75, 3.05) is 0 Å². The van der Waals surface area contributed by atoms with Gasteiger partial charge in [0, 0.05) is 12.5 Å². The molecule has 0 saturated carbocycles. The lowest BCUT2D eigenvalue weighted by atomic mass is 9.80. The highest BCUT2D eigenvalue weighted by molar-refractivity contribution is 5.02. The van der Waals surface area contributed by atoms with Gasteiger partial charge >= 0.3 is 0 Å². The molecule has 1 rings (SSSR count). The lowest BCUT2D eigenvalue weighted by molar-refractivity contribution is 0.223. The molecule has 0 aliphatic rings. The zero-order chi connectivity index (χ0) is 10.6. The summed E-state index contributed by atoms with van der Waals surface area (Å²) in [7, 11) is 0. The van der Waals surface area contributed by atoms with Gasteiger partial charge in [0.25, 0.3) is 0 Å². The molecule has 3 heteroatoms. The topological polar surface area (TPSA) is 51.2 Å². The number of nitrogens with one attached hydrogen (secondary N) is 1. The Bertz CT molecular complexity index is 254. The van der Waals surface area contributed by atoms with Gasteiger partial charge in [0.15, 0.2) is 0 Å². The Kier molecular flexibility index (Phi) is 3.72. The van der Waals surface area contributed by atoms with Crippen LogP contribution in [0.3, 0.4) is 0 Å². The van der Waals surface area contributed by atoms with Crippen LogP contribution in [0, 0.1) is 5.41 Å². The zero-order valence-electron chi connectivity index (χ0n) is 9.21. The molecule has 0 fully saturated rings. The molecular weight excluding hydrogens is 176 g/mol. The van der Waals surface area contributed by atoms with Crippen LogP contribution in [0.4, 0.5) is 0 Å². The Balaban J connectivity index is 2.64. The molecule has 0 aliphatic carbocycles. The van der Waals surface area contributed by atoms with Crippen LogP contribution in [0.25, 0.3) is 0 Å². The van der Waals surface area contributed by atoms with Gasteiger partial charge < -0.3 is 4.42 Å². The molecular formula is C11H20N2O. The van der Waals surface area contributed by atoms with Crippen molar-refractivity contribution < 1.29 is 4.42 Å². The minimum Gasteiger partial charge on any atom is -0.469 e. The predicted molar refractivity (Wildman–Crippen MR) is 57.6 cm³/mol. The summed E-state index contributed by atoms with van der Waals surface area (Å²) in [6.07, 6.45) is 3.62. The Morgan fingerprint density at radius 3 is 2.71 bits per heavy atom. The van der Waals surface area contributed by atoms with E-state index in [1.807, 2.05) is 12.1 Å². The van der Waals surface area contributed by atoms with E-state index in [1.165, 1.54) is 0 Å². The monoisotopic (exact) mass is 196 g/mol. The molecule has 80 valence electrons. The predicted octanol–water partition coefficient (Wildman–Crippen LogP) is 2.09. The molecule has 1 unspecified atom stereocenters. The zero-order valence-corrected chi connectivity index (χ0v) is 9.21. The third-order valence-electron chi connectivity index (χ3n) is 3.04. The summed E-state index contributed by atoms with van der Waals surface area (Å²) in [5.74, 6) is 6.54. The summed E-state index contributed by atoms with van der Waals surface area (Å²) in [6, 6.07) is 4.14. The van der Waals surface area contributed by atoms with Crippen LogP contribution in [0.2, 0.25) is 0 Å². The van der Waals surface area contributed by atoms with Crippen molar-refractivity contribution in [2.24, 2.45) is 11.3 Å². The molecule has 14 heavy (non-hydrogen) atoms. The fourth-order valence-corrected chi connectivity index (χ4v) is 1.44. The van der Waals surface area contributed by atoms with Gasteiger partial charge in [-0.05, 0) is 24.0 Å². The maximum atomic E-state index is 5.56. The molecule has 1 heterocycles. The summed E-state index contributed by atoms with van der Waals surface area (Å²) < 4.78 is 5.31. The van der Waals surface area contributed by atoms with Crippen molar-refractivity contribution in [3.8, 4) is 0 Å². The number of furan rings is 1. The summed E-state index contributed by atoms with van der Waals surface area (Å²) in [5.41, 5.74) is 3.05. The van der Waals surface area contributed by atoms with E-state index in [2.05, 4.69) is 26.2 Å². The molecule has 0 spiro atoms. The smallest absolute Gasteiger partial charge is 0.105 e. The van der Waals surface area contributed by atoms with Gasteiger partial charge in [-0.1, -0.05) is 20.8 Å². The van der Waals surface area contributed by atoms with Gasteiger partial charge in [-0.3, -0.25) is 11.3 Å². The third kappa shape index (κ3) is 2.59. The second kappa shape index (κ2) is 4.62. The van der Waals surface area contributed by atoms with Crippen molar-refractivity contribution in [1.82, 2.24) is 5.43 Å². The molecule has 0 aromatic carbocycles. The molecule has 0 saturated heterocycles. The standard InChI is InChI=1S/C11H20N2O/c1-4-11(2,3)10(13-12)8-9-6-5-7-14-9/h5-7,10,13H,4,8,12H2,1-3H3. The second-order valence-corrected chi connectivity index (χ2v) is 4.34. The Morgan fingerprint density at radius 2 is 2.29 bits per heavy atom. The van der Waals surface area contributed by atoms with E-state index in [1.54, 1.807) is 6.26 Å². The summed E-state index contributed by atoms with van der Waals surface area (Å²) in [6.45, 7) is 6.59. The summed E-state index contributed by atoms with van der Waals surface area (Å²) in [5, 5.41) is 0. The van der Waals surface area contributed by atoms with Crippen LogP contribution < -0.4 is 11.3 Å². The lowest BCUT2D eigenvalue weighted by Gasteiger charge is -2.32. The van der Waals surface area contributed by atoms with E-state index in [-0.39, 0.29) is 11.5 Å². The van der Waals surface area contributed by atoms with E-state index in [4.69, 9.17) is 10.3 Å². The van der Waals surface area contributed by atoms with E-state index in [9.17, 15) is 0 Å². The molecule has 3 N–H and O–H groups in total. The first kappa shape index (κ1) is 11.3. The van der Waals surface area contributed by atoms with Crippen LogP contribution >= 0.6 is 0 Å². The van der Waals surface area contributed by atoms with Gasteiger partial charge in [0.2, 0.25) is 0 Å². The molecule has 1 aromatic heterocycles. The van der Waals surface area contributed by atoms with Gasteiger partial charge in [-0.15, -0.1) is 0 Å². The number of rotatable bonds is 5. The van der Waals surface area contributed by atoms with Gasteiger partial charge in [-0.25, -0.2) is 0 Å². The highest BCUT2D eigenvalue weighted by atomic mass is 16.3. The Morgan fingerprint density at radius 1 is 1.57 bits per heavy atom. The highest BCUT2D eigenvalue weighted by Gasteiger charge is 2.27. The van der Waals surface area contributed by atoms with Crippen molar-refractivity contribution in [3.63, 3.8) is 0 Å². The largest absolute Gasteiger partial charge is 0.469 e. The maximum Gasteiger partial charge on any atom is 0.105 e. The van der Waals surface area contributed by atoms with Gasteiger partial charge in [-0.2, -0.15) is 0 Å². The Hall–Kier alpha value is -0.800. The van der Waals surface area contributed by atoms with Crippen LogP contribution in [-0.4, -0.2) is 6.04 Å². The third-order valence-corrected chi connectivity index (χ3v) is 3.04. The number of nitrogens with two attached hydrogens (primary N) is 1. The van der Waals surface area contributed by atoms with Crippen LogP contribution in [-0.2, 0) is 6.42 Å². The van der Waals surface area contributed by atoms with Crippen LogP contribution in [0.15, 0.2) is 22.8 Å². The van der Waals surface area contributed by atoms with Crippen molar-refractivity contribution >= 4 is 0 Å². The first-order chi connectivity index (χ1) is 6.60. The quantitative estimate of drug-likeness (QED) is 0.560. The summed E-state index contributed by atoms with van der Waals surface area (Å²) >= 11 is 0. The number of hydrazine groups is 1. The van der Waals surface area contributed by atoms with Crippen LogP contribution in [0.5, 0.6) is 0 Å². The van der Waals surface area contributed by atoms with Crippen molar-refractivity contribution in [1.29, 1.82) is 0 Å². The SMILES string of the molecule is CCC(C)(C)C(Cc1ccco1)NN. The lowest BCUT2D eigenvalue weighted by Crippen LogP contribution is -2.46. The molecule has 0 amide bonds. The Labute approximate surface area is 85.6 Å². The first-order valence-corrected chi connectivity index (χ1v) is 5.08. The molecule has 0 radical (unpaired) electrons. The fraction of sp³-hybridized carbons (Fsp3) is 0.636. The van der Waals surface area contributed by atoms with E-state index < -0.39 is 0 Å².